The molecule has 1 unspecified atom stereocenters. The average Bonchev–Trinajstić information content (AvgIpc) is 3.11. The van der Waals surface area contributed by atoms with E-state index in [9.17, 15) is 0 Å². The summed E-state index contributed by atoms with van der Waals surface area (Å²) in [7, 11) is 4.27. The average molecular weight is 458 g/mol. The first-order chi connectivity index (χ1) is 14.8. The Bertz CT molecular complexity index is 1080. The van der Waals surface area contributed by atoms with Gasteiger partial charge in [0.05, 0.1) is 11.2 Å². The molecule has 0 amide bonds. The van der Waals surface area contributed by atoms with Gasteiger partial charge in [-0.15, -0.1) is 0 Å². The van der Waals surface area contributed by atoms with Crippen LogP contribution in [0.5, 0.6) is 0 Å². The molecule has 0 saturated carbocycles. The molecule has 3 aromatic rings. The number of anilines is 2. The van der Waals surface area contributed by atoms with E-state index in [1.54, 1.807) is 6.20 Å². The Hall–Kier alpha value is -2.16. The molecule has 4 rings (SSSR count). The minimum absolute atomic E-state index is 0.315. The Morgan fingerprint density at radius 3 is 2.81 bits per heavy atom. The van der Waals surface area contributed by atoms with Crippen LogP contribution in [0.15, 0.2) is 40.5 Å². The van der Waals surface area contributed by atoms with Crippen molar-refractivity contribution in [1.29, 1.82) is 0 Å². The Morgan fingerprint density at radius 2 is 2.03 bits per heavy atom. The highest BCUT2D eigenvalue weighted by Crippen LogP contribution is 2.35. The number of aromatic nitrogens is 4. The lowest BCUT2D eigenvalue weighted by molar-refractivity contribution is 0.282. The maximum Gasteiger partial charge on any atom is 0.179 e. The van der Waals surface area contributed by atoms with Crippen molar-refractivity contribution < 1.29 is 0 Å². The summed E-state index contributed by atoms with van der Waals surface area (Å²) < 4.78 is 0. The third kappa shape index (κ3) is 4.71. The Balaban J connectivity index is 1.58. The molecule has 164 valence electrons. The van der Waals surface area contributed by atoms with Crippen molar-refractivity contribution in [1.82, 2.24) is 24.8 Å². The van der Waals surface area contributed by atoms with Crippen LogP contribution in [0.25, 0.3) is 11.2 Å². The third-order valence-corrected chi connectivity index (χ3v) is 7.51. The molecule has 2 N–H and O–H groups in total. The molecule has 4 heterocycles. The van der Waals surface area contributed by atoms with Gasteiger partial charge in [0.15, 0.2) is 5.65 Å². The number of nitrogen functional groups attached to an aromatic ring is 1. The van der Waals surface area contributed by atoms with Gasteiger partial charge in [-0.05, 0) is 65.4 Å². The van der Waals surface area contributed by atoms with Crippen LogP contribution in [0.4, 0.5) is 11.6 Å². The summed E-state index contributed by atoms with van der Waals surface area (Å²) in [4.78, 5) is 23.7. The van der Waals surface area contributed by atoms with Gasteiger partial charge in [-0.2, -0.15) is 0 Å². The van der Waals surface area contributed by atoms with Gasteiger partial charge in [-0.3, -0.25) is 0 Å². The zero-order chi connectivity index (χ0) is 22.1. The molecule has 3 atom stereocenters. The van der Waals surface area contributed by atoms with Crippen molar-refractivity contribution in [3.8, 4) is 0 Å². The molecule has 31 heavy (non-hydrogen) atoms. The van der Waals surface area contributed by atoms with E-state index in [-0.39, 0.29) is 0 Å². The highest BCUT2D eigenvalue weighted by molar-refractivity contribution is 7.99. The van der Waals surface area contributed by atoms with Gasteiger partial charge in [0.2, 0.25) is 0 Å². The van der Waals surface area contributed by atoms with Crippen LogP contribution in [-0.2, 0) is 0 Å². The fourth-order valence-corrected chi connectivity index (χ4v) is 5.06. The van der Waals surface area contributed by atoms with Gasteiger partial charge in [-0.25, -0.2) is 19.9 Å². The largest absolute Gasteiger partial charge is 0.382 e. The molecule has 1 saturated heterocycles. The summed E-state index contributed by atoms with van der Waals surface area (Å²) in [6, 6.07) is 7.18. The molecule has 7 nitrogen and oxygen atoms in total. The molecule has 9 heteroatoms. The number of hydrogen-bond acceptors (Lipinski definition) is 8. The van der Waals surface area contributed by atoms with Crippen LogP contribution in [0.2, 0.25) is 5.02 Å². The predicted octanol–water partition coefficient (Wildman–Crippen LogP) is 4.50. The zero-order valence-corrected chi connectivity index (χ0v) is 19.9. The molecular weight excluding hydrogens is 430 g/mol. The van der Waals surface area contributed by atoms with Gasteiger partial charge >= 0.3 is 0 Å². The summed E-state index contributed by atoms with van der Waals surface area (Å²) in [5.74, 6) is 1.25. The Morgan fingerprint density at radius 1 is 1.23 bits per heavy atom. The molecule has 1 aliphatic heterocycles. The van der Waals surface area contributed by atoms with E-state index in [0.29, 0.717) is 34.6 Å². The minimum Gasteiger partial charge on any atom is -0.382 e. The smallest absolute Gasteiger partial charge is 0.179 e. The number of nitrogens with two attached hydrogens (primary N) is 1. The molecule has 0 bridgehead atoms. The second-order valence-electron chi connectivity index (χ2n) is 8.37. The van der Waals surface area contributed by atoms with E-state index < -0.39 is 0 Å². The summed E-state index contributed by atoms with van der Waals surface area (Å²) in [6.07, 6.45) is 6.97. The van der Waals surface area contributed by atoms with Crippen LogP contribution >= 0.6 is 23.4 Å². The van der Waals surface area contributed by atoms with Gasteiger partial charge in [0.25, 0.3) is 0 Å². The number of nitrogens with zero attached hydrogens (tertiary/aromatic N) is 6. The maximum absolute atomic E-state index is 6.26. The van der Waals surface area contributed by atoms with Gasteiger partial charge in [-0.1, -0.05) is 23.4 Å². The number of pyridine rings is 2. The third-order valence-electron chi connectivity index (χ3n) is 6.01. The highest BCUT2D eigenvalue weighted by atomic mass is 35.5. The van der Waals surface area contributed by atoms with Crippen LogP contribution in [0, 0.1) is 0 Å². The summed E-state index contributed by atoms with van der Waals surface area (Å²) in [6.45, 7) is 4.55. The molecule has 0 radical (unpaired) electrons. The molecule has 1 fully saturated rings. The van der Waals surface area contributed by atoms with E-state index >= 15 is 0 Å². The minimum atomic E-state index is 0.315. The topological polar surface area (TPSA) is 84.1 Å². The van der Waals surface area contributed by atoms with Crippen molar-refractivity contribution in [2.45, 2.75) is 61.2 Å². The Kier molecular flexibility index (Phi) is 6.50. The quantitative estimate of drug-likeness (QED) is 0.579. The number of fused-ring (bicyclic) bond motifs is 1. The van der Waals surface area contributed by atoms with E-state index in [4.69, 9.17) is 22.3 Å². The lowest BCUT2D eigenvalue weighted by Crippen LogP contribution is -2.39. The van der Waals surface area contributed by atoms with Crippen molar-refractivity contribution in [2.24, 2.45) is 0 Å². The molecule has 0 spiro atoms. The second kappa shape index (κ2) is 9.14. The van der Waals surface area contributed by atoms with Gasteiger partial charge in [0.1, 0.15) is 22.2 Å². The standard InChI is InChI=1S/C22H28ClN7S/c1-13-5-6-15(11-14(2)29(3)4)30(13)18-12-26-22-16(27-18)7-8-19(28-22)31-17-9-10-25-21(24)20(17)23/h7-10,12-15H,5-6,11H2,1-4H3,(H2,24,25)/t13-,14?,15+/m1/s1. The lowest BCUT2D eigenvalue weighted by Gasteiger charge is -2.32. The number of rotatable bonds is 6. The molecule has 0 aliphatic carbocycles. The molecule has 1 aliphatic rings. The van der Waals surface area contributed by atoms with Crippen molar-refractivity contribution >= 4 is 46.2 Å². The van der Waals surface area contributed by atoms with E-state index in [1.165, 1.54) is 24.6 Å². The van der Waals surface area contributed by atoms with Gasteiger partial charge < -0.3 is 15.5 Å². The van der Waals surface area contributed by atoms with Crippen LogP contribution in [-0.4, -0.2) is 57.1 Å². The summed E-state index contributed by atoms with van der Waals surface area (Å²) in [5, 5.41) is 1.23. The lowest BCUT2D eigenvalue weighted by atomic mass is 10.1. The predicted molar refractivity (Wildman–Crippen MR) is 128 cm³/mol. The number of hydrogen-bond donors (Lipinski definition) is 1. The SMILES string of the molecule is CC(C[C@@H]1CC[C@@H](C)N1c1cnc2nc(Sc3ccnc(N)c3Cl)ccc2n1)N(C)C. The van der Waals surface area contributed by atoms with Gasteiger partial charge in [0, 0.05) is 29.2 Å². The monoisotopic (exact) mass is 457 g/mol. The number of halogens is 1. The van der Waals surface area contributed by atoms with E-state index in [2.05, 4.69) is 52.7 Å². The van der Waals surface area contributed by atoms with E-state index in [0.717, 1.165) is 27.7 Å². The highest BCUT2D eigenvalue weighted by Gasteiger charge is 2.33. The first-order valence-corrected chi connectivity index (χ1v) is 11.7. The van der Waals surface area contributed by atoms with Crippen molar-refractivity contribution in [3.63, 3.8) is 0 Å². The van der Waals surface area contributed by atoms with E-state index in [1.807, 2.05) is 24.4 Å². The molecule has 3 aromatic heterocycles. The van der Waals surface area contributed by atoms with Crippen LogP contribution in [0.1, 0.15) is 33.1 Å². The fourth-order valence-electron chi connectivity index (χ4n) is 4.01. The first-order valence-electron chi connectivity index (χ1n) is 10.5. The zero-order valence-electron chi connectivity index (χ0n) is 18.3. The summed E-state index contributed by atoms with van der Waals surface area (Å²) in [5.41, 5.74) is 7.22. The molecular formula is C22H28ClN7S. The van der Waals surface area contributed by atoms with Crippen molar-refractivity contribution in [2.75, 3.05) is 24.7 Å². The Labute approximate surface area is 192 Å². The first kappa shape index (κ1) is 22.0. The fraction of sp³-hybridized carbons (Fsp3) is 0.455. The maximum atomic E-state index is 6.26. The van der Waals surface area contributed by atoms with Crippen LogP contribution < -0.4 is 10.6 Å². The van der Waals surface area contributed by atoms with Crippen LogP contribution in [0.3, 0.4) is 0 Å². The second-order valence-corrected chi connectivity index (χ2v) is 9.81. The summed E-state index contributed by atoms with van der Waals surface area (Å²) >= 11 is 7.70. The molecule has 0 aromatic carbocycles. The normalized spacial score (nSPS) is 20.0. The van der Waals surface area contributed by atoms with Crippen molar-refractivity contribution in [3.05, 3.63) is 35.6 Å².